The third-order valence-electron chi connectivity index (χ3n) is 2.63. The van der Waals surface area contributed by atoms with Crippen molar-refractivity contribution in [2.24, 2.45) is 5.92 Å². The number of carboxylic acid groups (broad SMARTS) is 1. The van der Waals surface area contributed by atoms with Crippen LogP contribution in [0.1, 0.15) is 13.3 Å². The number of likely N-dealkylation sites (tertiary alicyclic amines) is 1. The molecule has 0 spiro atoms. The van der Waals surface area contributed by atoms with Crippen LogP contribution < -0.4 is 0 Å². The van der Waals surface area contributed by atoms with E-state index in [4.69, 9.17) is 16.7 Å². The lowest BCUT2D eigenvalue weighted by molar-refractivity contribution is -0.142. The van der Waals surface area contributed by atoms with E-state index in [9.17, 15) is 4.79 Å². The highest BCUT2D eigenvalue weighted by atomic mass is 35.5. The van der Waals surface area contributed by atoms with E-state index >= 15 is 0 Å². The van der Waals surface area contributed by atoms with Crippen molar-refractivity contribution in [3.63, 3.8) is 0 Å². The van der Waals surface area contributed by atoms with Gasteiger partial charge in [0, 0.05) is 18.1 Å². The molecule has 0 aromatic carbocycles. The summed E-state index contributed by atoms with van der Waals surface area (Å²) in [4.78, 5) is 12.9. The van der Waals surface area contributed by atoms with E-state index in [0.29, 0.717) is 0 Å². The first-order valence-electron chi connectivity index (χ1n) is 4.39. The molecule has 4 heteroatoms. The second-order valence-electron chi connectivity index (χ2n) is 3.33. The lowest BCUT2D eigenvalue weighted by Crippen LogP contribution is -2.32. The zero-order valence-corrected chi connectivity index (χ0v) is 8.37. The van der Waals surface area contributed by atoms with Crippen LogP contribution in [-0.2, 0) is 4.79 Å². The van der Waals surface area contributed by atoms with E-state index < -0.39 is 5.97 Å². The Kier molecular flexibility index (Phi) is 3.75. The Morgan fingerprint density at radius 1 is 1.77 bits per heavy atom. The lowest BCUT2D eigenvalue weighted by Gasteiger charge is -2.20. The molecular weight excluding hydrogens is 190 g/mol. The van der Waals surface area contributed by atoms with E-state index in [-0.39, 0.29) is 12.0 Å². The summed E-state index contributed by atoms with van der Waals surface area (Å²) in [6, 6.07) is 0.116. The Hall–Kier alpha value is -0.540. The van der Waals surface area contributed by atoms with Crippen LogP contribution in [-0.4, -0.2) is 35.1 Å². The molecule has 3 nitrogen and oxygen atoms in total. The van der Waals surface area contributed by atoms with Crippen molar-refractivity contribution in [3.05, 3.63) is 11.6 Å². The number of hydrogen-bond acceptors (Lipinski definition) is 2. The Morgan fingerprint density at radius 3 is 2.92 bits per heavy atom. The topological polar surface area (TPSA) is 40.5 Å². The molecule has 0 saturated carbocycles. The number of rotatable bonds is 3. The molecule has 0 radical (unpaired) electrons. The molecule has 1 aliphatic rings. The summed E-state index contributed by atoms with van der Waals surface area (Å²) in [5, 5.41) is 8.86. The molecule has 0 bridgehead atoms. The van der Waals surface area contributed by atoms with Crippen LogP contribution in [0.3, 0.4) is 0 Å². The largest absolute Gasteiger partial charge is 0.481 e. The summed E-state index contributed by atoms with van der Waals surface area (Å²) in [5.74, 6) is -0.909. The van der Waals surface area contributed by atoms with Gasteiger partial charge >= 0.3 is 5.97 Å². The third-order valence-corrected chi connectivity index (χ3v) is 2.81. The number of nitrogens with zero attached hydrogens (tertiary/aromatic N) is 1. The summed E-state index contributed by atoms with van der Waals surface area (Å²) >= 11 is 5.40. The highest BCUT2D eigenvalue weighted by molar-refractivity contribution is 6.25. The first-order chi connectivity index (χ1) is 6.16. The quantitative estimate of drug-likeness (QED) is 0.757. The first kappa shape index (κ1) is 10.5. The zero-order valence-electron chi connectivity index (χ0n) is 7.61. The molecule has 0 aromatic heterocycles. The Bertz CT molecular complexity index is 218. The number of hydrogen-bond donors (Lipinski definition) is 1. The zero-order chi connectivity index (χ0) is 9.84. The van der Waals surface area contributed by atoms with Crippen LogP contribution in [0.15, 0.2) is 11.6 Å². The molecule has 1 N–H and O–H groups in total. The molecule has 0 aromatic rings. The fourth-order valence-corrected chi connectivity index (χ4v) is 1.85. The second-order valence-corrected chi connectivity index (χ2v) is 3.58. The molecule has 0 amide bonds. The minimum absolute atomic E-state index is 0.116. The van der Waals surface area contributed by atoms with Crippen molar-refractivity contribution in [2.45, 2.75) is 19.4 Å². The van der Waals surface area contributed by atoms with Crippen molar-refractivity contribution >= 4 is 17.6 Å². The second kappa shape index (κ2) is 4.63. The molecule has 2 unspecified atom stereocenters. The van der Waals surface area contributed by atoms with Crippen LogP contribution in [0.25, 0.3) is 0 Å². The summed E-state index contributed by atoms with van der Waals surface area (Å²) in [6.07, 6.45) is 2.58. The fraction of sp³-hybridized carbons (Fsp3) is 0.667. The number of aliphatic carboxylic acids is 1. The van der Waals surface area contributed by atoms with Crippen LogP contribution in [0.4, 0.5) is 0 Å². The maximum absolute atomic E-state index is 10.8. The molecule has 1 rings (SSSR count). The van der Waals surface area contributed by atoms with Gasteiger partial charge in [-0.25, -0.2) is 0 Å². The van der Waals surface area contributed by atoms with E-state index in [1.807, 2.05) is 13.0 Å². The standard InChI is InChI=1S/C9H14ClNO2/c1-7-8(9(12)13)3-6-11(7)5-2-4-10/h2,4,7-8H,3,5-6H2,1H3,(H,12,13). The third kappa shape index (κ3) is 2.45. The minimum atomic E-state index is -0.690. The van der Waals surface area contributed by atoms with Gasteiger partial charge < -0.3 is 5.11 Å². The number of carboxylic acids is 1. The monoisotopic (exact) mass is 203 g/mol. The molecule has 13 heavy (non-hydrogen) atoms. The molecule has 2 atom stereocenters. The predicted molar refractivity (Wildman–Crippen MR) is 51.8 cm³/mol. The van der Waals surface area contributed by atoms with Gasteiger partial charge in [0.15, 0.2) is 0 Å². The SMILES string of the molecule is CC1C(C(=O)O)CCN1CC=CCl. The van der Waals surface area contributed by atoms with E-state index in [0.717, 1.165) is 19.5 Å². The van der Waals surface area contributed by atoms with Gasteiger partial charge in [-0.3, -0.25) is 9.69 Å². The maximum Gasteiger partial charge on any atom is 0.308 e. The Morgan fingerprint density at radius 2 is 2.46 bits per heavy atom. The summed E-state index contributed by atoms with van der Waals surface area (Å²) in [7, 11) is 0. The Balaban J connectivity index is 2.49. The van der Waals surface area contributed by atoms with Gasteiger partial charge in [0.05, 0.1) is 5.92 Å². The molecule has 1 aliphatic heterocycles. The Labute approximate surface area is 83.0 Å². The van der Waals surface area contributed by atoms with Crippen molar-refractivity contribution in [1.82, 2.24) is 4.90 Å². The van der Waals surface area contributed by atoms with Gasteiger partial charge in [0.25, 0.3) is 0 Å². The lowest BCUT2D eigenvalue weighted by atomic mass is 10.0. The highest BCUT2D eigenvalue weighted by Crippen LogP contribution is 2.23. The average molecular weight is 204 g/mol. The minimum Gasteiger partial charge on any atom is -0.481 e. The molecule has 1 heterocycles. The van der Waals surface area contributed by atoms with E-state index in [1.54, 1.807) is 0 Å². The summed E-state index contributed by atoms with van der Waals surface area (Å²) in [6.45, 7) is 3.54. The average Bonchev–Trinajstić information content (AvgIpc) is 2.43. The van der Waals surface area contributed by atoms with E-state index in [2.05, 4.69) is 4.90 Å². The highest BCUT2D eigenvalue weighted by Gasteiger charge is 2.34. The predicted octanol–water partition coefficient (Wildman–Crippen LogP) is 1.53. The van der Waals surface area contributed by atoms with Gasteiger partial charge in [-0.2, -0.15) is 0 Å². The van der Waals surface area contributed by atoms with Crippen LogP contribution in [0, 0.1) is 5.92 Å². The summed E-state index contributed by atoms with van der Waals surface area (Å²) < 4.78 is 0. The molecular formula is C9H14ClNO2. The molecule has 1 saturated heterocycles. The van der Waals surface area contributed by atoms with E-state index in [1.165, 1.54) is 5.54 Å². The number of halogens is 1. The van der Waals surface area contributed by atoms with Crippen molar-refractivity contribution in [1.29, 1.82) is 0 Å². The maximum atomic E-state index is 10.8. The first-order valence-corrected chi connectivity index (χ1v) is 4.82. The van der Waals surface area contributed by atoms with Gasteiger partial charge in [0.1, 0.15) is 0 Å². The molecule has 74 valence electrons. The van der Waals surface area contributed by atoms with Gasteiger partial charge in [-0.15, -0.1) is 0 Å². The molecule has 1 fully saturated rings. The van der Waals surface area contributed by atoms with Gasteiger partial charge in [0.2, 0.25) is 0 Å². The van der Waals surface area contributed by atoms with Crippen LogP contribution in [0.5, 0.6) is 0 Å². The molecule has 0 aliphatic carbocycles. The fourth-order valence-electron chi connectivity index (χ4n) is 1.77. The van der Waals surface area contributed by atoms with Gasteiger partial charge in [-0.05, 0) is 19.9 Å². The van der Waals surface area contributed by atoms with Crippen LogP contribution in [0.2, 0.25) is 0 Å². The normalized spacial score (nSPS) is 30.0. The van der Waals surface area contributed by atoms with Crippen LogP contribution >= 0.6 is 11.6 Å². The number of carbonyl (C=O) groups is 1. The van der Waals surface area contributed by atoms with Crippen molar-refractivity contribution in [2.75, 3.05) is 13.1 Å². The van der Waals surface area contributed by atoms with Crippen molar-refractivity contribution in [3.8, 4) is 0 Å². The van der Waals surface area contributed by atoms with Gasteiger partial charge in [-0.1, -0.05) is 17.7 Å². The van der Waals surface area contributed by atoms with Crippen molar-refractivity contribution < 1.29 is 9.90 Å². The smallest absolute Gasteiger partial charge is 0.308 e. The summed E-state index contributed by atoms with van der Waals surface area (Å²) in [5.41, 5.74) is 1.47.